The summed E-state index contributed by atoms with van der Waals surface area (Å²) < 4.78 is 0. The minimum absolute atomic E-state index is 0.0572. The summed E-state index contributed by atoms with van der Waals surface area (Å²) in [6.45, 7) is 3.14. The lowest BCUT2D eigenvalue weighted by molar-refractivity contribution is -0.121. The fourth-order valence-electron chi connectivity index (χ4n) is 3.30. The third-order valence-electron chi connectivity index (χ3n) is 4.68. The molecular formula is C18H26N2O. The first-order valence-corrected chi connectivity index (χ1v) is 8.44. The fraction of sp³-hybridized carbons (Fsp3) is 0.611. The predicted octanol–water partition coefficient (Wildman–Crippen LogP) is 3.94. The van der Waals surface area contributed by atoms with Crippen LogP contribution in [0.2, 0.25) is 0 Å². The highest BCUT2D eigenvalue weighted by Gasteiger charge is 2.38. The molecule has 3 heteroatoms. The number of unbranched alkanes of at least 4 members (excludes halogenated alkanes) is 3. The SMILES string of the molecule is CCCCCCC1C(=O)Nc2ccccc2CN1C1CC1. The van der Waals surface area contributed by atoms with Crippen molar-refractivity contribution in [2.45, 2.75) is 70.5 Å². The molecular weight excluding hydrogens is 260 g/mol. The Bertz CT molecular complexity index is 496. The van der Waals surface area contributed by atoms with Crippen molar-refractivity contribution in [2.24, 2.45) is 0 Å². The number of benzene rings is 1. The molecule has 0 saturated heterocycles. The summed E-state index contributed by atoms with van der Waals surface area (Å²) in [6.07, 6.45) is 8.42. The van der Waals surface area contributed by atoms with E-state index in [4.69, 9.17) is 0 Å². The summed E-state index contributed by atoms with van der Waals surface area (Å²) in [4.78, 5) is 15.1. The number of para-hydroxylation sites is 1. The van der Waals surface area contributed by atoms with Gasteiger partial charge in [-0.05, 0) is 30.9 Å². The van der Waals surface area contributed by atoms with Gasteiger partial charge < -0.3 is 5.32 Å². The number of nitrogens with zero attached hydrogens (tertiary/aromatic N) is 1. The van der Waals surface area contributed by atoms with Crippen molar-refractivity contribution in [3.05, 3.63) is 29.8 Å². The van der Waals surface area contributed by atoms with Gasteiger partial charge in [-0.15, -0.1) is 0 Å². The Hall–Kier alpha value is -1.35. The van der Waals surface area contributed by atoms with Crippen LogP contribution < -0.4 is 5.32 Å². The third-order valence-corrected chi connectivity index (χ3v) is 4.68. The van der Waals surface area contributed by atoms with E-state index in [-0.39, 0.29) is 11.9 Å². The molecule has 0 aromatic heterocycles. The maximum atomic E-state index is 12.6. The number of carbonyl (C=O) groups is 1. The fourth-order valence-corrected chi connectivity index (χ4v) is 3.30. The van der Waals surface area contributed by atoms with Crippen LogP contribution in [0.5, 0.6) is 0 Å². The van der Waals surface area contributed by atoms with Gasteiger partial charge in [0.15, 0.2) is 0 Å². The Morgan fingerprint density at radius 3 is 2.76 bits per heavy atom. The zero-order valence-corrected chi connectivity index (χ0v) is 13.0. The van der Waals surface area contributed by atoms with Gasteiger partial charge in [0.25, 0.3) is 0 Å². The predicted molar refractivity (Wildman–Crippen MR) is 86.2 cm³/mol. The summed E-state index contributed by atoms with van der Waals surface area (Å²) >= 11 is 0. The highest BCUT2D eigenvalue weighted by atomic mass is 16.2. The van der Waals surface area contributed by atoms with Crippen LogP contribution in [-0.4, -0.2) is 22.9 Å². The molecule has 1 fully saturated rings. The molecule has 3 rings (SSSR count). The molecule has 1 saturated carbocycles. The van der Waals surface area contributed by atoms with Crippen molar-refractivity contribution < 1.29 is 4.79 Å². The van der Waals surface area contributed by atoms with Gasteiger partial charge in [-0.25, -0.2) is 0 Å². The Kier molecular flexibility index (Phi) is 4.59. The maximum absolute atomic E-state index is 12.6. The number of hydrogen-bond acceptors (Lipinski definition) is 2. The highest BCUT2D eigenvalue weighted by molar-refractivity contribution is 5.96. The van der Waals surface area contributed by atoms with E-state index >= 15 is 0 Å². The number of amides is 1. The van der Waals surface area contributed by atoms with Gasteiger partial charge in [0.2, 0.25) is 5.91 Å². The summed E-state index contributed by atoms with van der Waals surface area (Å²) in [5, 5.41) is 3.15. The van der Waals surface area contributed by atoms with Gasteiger partial charge in [-0.1, -0.05) is 50.8 Å². The molecule has 1 atom stereocenters. The van der Waals surface area contributed by atoms with Gasteiger partial charge in [-0.3, -0.25) is 9.69 Å². The molecule has 1 aliphatic carbocycles. The second-order valence-corrected chi connectivity index (χ2v) is 6.42. The zero-order valence-electron chi connectivity index (χ0n) is 13.0. The topological polar surface area (TPSA) is 32.3 Å². The van der Waals surface area contributed by atoms with Gasteiger partial charge >= 0.3 is 0 Å². The summed E-state index contributed by atoms with van der Waals surface area (Å²) in [6, 6.07) is 8.92. The van der Waals surface area contributed by atoms with Crippen LogP contribution in [0, 0.1) is 0 Å². The molecule has 1 aliphatic heterocycles. The van der Waals surface area contributed by atoms with E-state index in [2.05, 4.69) is 29.3 Å². The Labute approximate surface area is 127 Å². The highest BCUT2D eigenvalue weighted by Crippen LogP contribution is 2.35. The van der Waals surface area contributed by atoms with Crippen LogP contribution in [0.15, 0.2) is 24.3 Å². The van der Waals surface area contributed by atoms with Gasteiger partial charge in [0, 0.05) is 18.3 Å². The van der Waals surface area contributed by atoms with Crippen molar-refractivity contribution in [3.8, 4) is 0 Å². The number of nitrogens with one attached hydrogen (secondary N) is 1. The summed E-state index contributed by atoms with van der Waals surface area (Å²) in [5.41, 5.74) is 2.26. The molecule has 2 aliphatic rings. The van der Waals surface area contributed by atoms with Crippen LogP contribution in [0.1, 0.15) is 57.4 Å². The van der Waals surface area contributed by atoms with Crippen LogP contribution in [0.3, 0.4) is 0 Å². The van der Waals surface area contributed by atoms with Gasteiger partial charge in [-0.2, -0.15) is 0 Å². The molecule has 1 N–H and O–H groups in total. The third kappa shape index (κ3) is 3.46. The first-order chi connectivity index (χ1) is 10.3. The van der Waals surface area contributed by atoms with Crippen molar-refractivity contribution >= 4 is 11.6 Å². The minimum Gasteiger partial charge on any atom is -0.324 e. The van der Waals surface area contributed by atoms with E-state index in [0.29, 0.717) is 6.04 Å². The second-order valence-electron chi connectivity index (χ2n) is 6.42. The number of fused-ring (bicyclic) bond motifs is 1. The van der Waals surface area contributed by atoms with E-state index in [0.717, 1.165) is 25.1 Å². The molecule has 1 amide bonds. The van der Waals surface area contributed by atoms with E-state index in [1.807, 2.05) is 12.1 Å². The van der Waals surface area contributed by atoms with Gasteiger partial charge in [0.1, 0.15) is 0 Å². The van der Waals surface area contributed by atoms with E-state index < -0.39 is 0 Å². The summed E-state index contributed by atoms with van der Waals surface area (Å²) in [5.74, 6) is 0.198. The Morgan fingerprint density at radius 2 is 2.00 bits per heavy atom. The smallest absolute Gasteiger partial charge is 0.241 e. The molecule has 0 spiro atoms. The molecule has 1 unspecified atom stereocenters. The first-order valence-electron chi connectivity index (χ1n) is 8.44. The number of rotatable bonds is 6. The zero-order chi connectivity index (χ0) is 14.7. The second kappa shape index (κ2) is 6.61. The minimum atomic E-state index is 0.0572. The van der Waals surface area contributed by atoms with Crippen LogP contribution in [0.25, 0.3) is 0 Å². The first kappa shape index (κ1) is 14.6. The van der Waals surface area contributed by atoms with Crippen LogP contribution >= 0.6 is 0 Å². The Morgan fingerprint density at radius 1 is 1.19 bits per heavy atom. The standard InChI is InChI=1S/C18H26N2O/c1-2-3-4-5-10-17-18(21)19-16-9-7-6-8-14(16)13-20(17)15-11-12-15/h6-9,15,17H,2-5,10-13H2,1H3,(H,19,21). The largest absolute Gasteiger partial charge is 0.324 e. The maximum Gasteiger partial charge on any atom is 0.241 e. The monoisotopic (exact) mass is 286 g/mol. The lowest BCUT2D eigenvalue weighted by Crippen LogP contribution is -2.43. The lowest BCUT2D eigenvalue weighted by Gasteiger charge is -2.28. The molecule has 1 aromatic rings. The number of anilines is 1. The van der Waals surface area contributed by atoms with E-state index in [1.165, 1.54) is 37.7 Å². The molecule has 1 heterocycles. The normalized spacial score (nSPS) is 22.5. The summed E-state index contributed by atoms with van der Waals surface area (Å²) in [7, 11) is 0. The molecule has 0 radical (unpaired) electrons. The van der Waals surface area contributed by atoms with Gasteiger partial charge in [0.05, 0.1) is 6.04 Å². The van der Waals surface area contributed by atoms with Crippen molar-refractivity contribution in [1.29, 1.82) is 0 Å². The van der Waals surface area contributed by atoms with Crippen molar-refractivity contribution in [3.63, 3.8) is 0 Å². The lowest BCUT2D eigenvalue weighted by atomic mass is 10.0. The molecule has 1 aromatic carbocycles. The molecule has 0 bridgehead atoms. The van der Waals surface area contributed by atoms with Crippen LogP contribution in [-0.2, 0) is 11.3 Å². The average Bonchev–Trinajstić information content (AvgIpc) is 3.31. The Balaban J connectivity index is 1.73. The molecule has 114 valence electrons. The van der Waals surface area contributed by atoms with Crippen LogP contribution in [0.4, 0.5) is 5.69 Å². The average molecular weight is 286 g/mol. The van der Waals surface area contributed by atoms with E-state index in [9.17, 15) is 4.79 Å². The molecule has 21 heavy (non-hydrogen) atoms. The number of hydrogen-bond donors (Lipinski definition) is 1. The molecule has 3 nitrogen and oxygen atoms in total. The van der Waals surface area contributed by atoms with Crippen molar-refractivity contribution in [1.82, 2.24) is 4.90 Å². The van der Waals surface area contributed by atoms with E-state index in [1.54, 1.807) is 0 Å². The van der Waals surface area contributed by atoms with Crippen molar-refractivity contribution in [2.75, 3.05) is 5.32 Å². The quantitative estimate of drug-likeness (QED) is 0.803. The number of carbonyl (C=O) groups excluding carboxylic acids is 1.